The highest BCUT2D eigenvalue weighted by molar-refractivity contribution is 7.89. The Hall–Kier alpha value is -0.910. The SMILES string of the molecule is CCNC(C)c1cccc(S(=O)(=O)NC2(C)CCC2)c1. The van der Waals surface area contributed by atoms with Crippen molar-refractivity contribution in [2.45, 2.75) is 56.5 Å². The fourth-order valence-corrected chi connectivity index (χ4v) is 4.09. The fraction of sp³-hybridized carbons (Fsp3) is 0.600. The van der Waals surface area contributed by atoms with Gasteiger partial charge in [-0.05, 0) is 57.4 Å². The first kappa shape index (κ1) is 15.5. The van der Waals surface area contributed by atoms with Crippen LogP contribution in [-0.4, -0.2) is 20.5 Å². The zero-order valence-electron chi connectivity index (χ0n) is 12.4. The van der Waals surface area contributed by atoms with Crippen molar-refractivity contribution in [3.63, 3.8) is 0 Å². The fourth-order valence-electron chi connectivity index (χ4n) is 2.57. The minimum absolute atomic E-state index is 0.148. The van der Waals surface area contributed by atoms with E-state index in [1.54, 1.807) is 18.2 Å². The van der Waals surface area contributed by atoms with Gasteiger partial charge in [-0.2, -0.15) is 0 Å². The molecule has 1 aromatic rings. The summed E-state index contributed by atoms with van der Waals surface area (Å²) >= 11 is 0. The number of nitrogens with one attached hydrogen (secondary N) is 2. The van der Waals surface area contributed by atoms with Gasteiger partial charge in [0.2, 0.25) is 10.0 Å². The molecule has 20 heavy (non-hydrogen) atoms. The van der Waals surface area contributed by atoms with Crippen molar-refractivity contribution in [2.24, 2.45) is 0 Å². The van der Waals surface area contributed by atoms with Crippen molar-refractivity contribution in [3.8, 4) is 0 Å². The van der Waals surface area contributed by atoms with Gasteiger partial charge in [-0.15, -0.1) is 0 Å². The molecule has 2 N–H and O–H groups in total. The lowest BCUT2D eigenvalue weighted by Crippen LogP contribution is -2.50. The van der Waals surface area contributed by atoms with Crippen molar-refractivity contribution in [1.29, 1.82) is 0 Å². The minimum atomic E-state index is -3.43. The molecular weight excluding hydrogens is 272 g/mol. The van der Waals surface area contributed by atoms with E-state index in [0.29, 0.717) is 4.90 Å². The van der Waals surface area contributed by atoms with E-state index in [-0.39, 0.29) is 11.6 Å². The predicted molar refractivity (Wildman–Crippen MR) is 81.1 cm³/mol. The summed E-state index contributed by atoms with van der Waals surface area (Å²) in [5.41, 5.74) is 0.732. The second-order valence-electron chi connectivity index (χ2n) is 5.87. The molecule has 1 aliphatic carbocycles. The number of sulfonamides is 1. The first-order chi connectivity index (χ1) is 9.36. The molecule has 4 nitrogen and oxygen atoms in total. The number of benzene rings is 1. The van der Waals surface area contributed by atoms with Gasteiger partial charge in [0, 0.05) is 11.6 Å². The van der Waals surface area contributed by atoms with Crippen molar-refractivity contribution in [1.82, 2.24) is 10.0 Å². The smallest absolute Gasteiger partial charge is 0.241 e. The van der Waals surface area contributed by atoms with E-state index >= 15 is 0 Å². The second kappa shape index (κ2) is 5.84. The molecule has 2 rings (SSSR count). The Kier molecular flexibility index (Phi) is 4.52. The standard InChI is InChI=1S/C15H24N2O2S/c1-4-16-12(2)13-7-5-8-14(11-13)20(18,19)17-15(3)9-6-10-15/h5,7-8,11-12,16-17H,4,6,9-10H2,1-3H3. The van der Waals surface area contributed by atoms with E-state index < -0.39 is 10.0 Å². The highest BCUT2D eigenvalue weighted by Crippen LogP contribution is 2.32. The largest absolute Gasteiger partial charge is 0.310 e. The number of rotatable bonds is 6. The second-order valence-corrected chi connectivity index (χ2v) is 7.55. The van der Waals surface area contributed by atoms with Gasteiger partial charge in [-0.25, -0.2) is 13.1 Å². The summed E-state index contributed by atoms with van der Waals surface area (Å²) in [5, 5.41) is 3.30. The van der Waals surface area contributed by atoms with Crippen molar-refractivity contribution < 1.29 is 8.42 Å². The van der Waals surface area contributed by atoms with Crippen LogP contribution in [0.4, 0.5) is 0 Å². The first-order valence-electron chi connectivity index (χ1n) is 7.24. The summed E-state index contributed by atoms with van der Waals surface area (Å²) in [5.74, 6) is 0. The molecule has 0 spiro atoms. The maximum Gasteiger partial charge on any atom is 0.241 e. The van der Waals surface area contributed by atoms with Crippen LogP contribution in [0.15, 0.2) is 29.2 Å². The molecule has 112 valence electrons. The summed E-state index contributed by atoms with van der Waals surface area (Å²) in [6.45, 7) is 6.90. The monoisotopic (exact) mass is 296 g/mol. The highest BCUT2D eigenvalue weighted by Gasteiger charge is 2.36. The molecule has 1 aromatic carbocycles. The Morgan fingerprint density at radius 3 is 2.60 bits per heavy atom. The molecule has 0 bridgehead atoms. The van der Waals surface area contributed by atoms with Crippen LogP contribution in [0, 0.1) is 0 Å². The summed E-state index contributed by atoms with van der Waals surface area (Å²) < 4.78 is 27.7. The summed E-state index contributed by atoms with van der Waals surface area (Å²) in [7, 11) is -3.43. The van der Waals surface area contributed by atoms with Crippen LogP contribution in [0.3, 0.4) is 0 Å². The third-order valence-electron chi connectivity index (χ3n) is 4.02. The third kappa shape index (κ3) is 3.40. The van der Waals surface area contributed by atoms with Gasteiger partial charge < -0.3 is 5.32 Å². The van der Waals surface area contributed by atoms with Gasteiger partial charge >= 0.3 is 0 Å². The van der Waals surface area contributed by atoms with Gasteiger partial charge in [0.1, 0.15) is 0 Å². The normalized spacial score (nSPS) is 19.4. The molecule has 0 aliphatic heterocycles. The van der Waals surface area contributed by atoms with Crippen LogP contribution >= 0.6 is 0 Å². The summed E-state index contributed by atoms with van der Waals surface area (Å²) in [6, 6.07) is 7.33. The van der Waals surface area contributed by atoms with Crippen LogP contribution in [0.1, 0.15) is 51.6 Å². The van der Waals surface area contributed by atoms with Crippen LogP contribution in [0.5, 0.6) is 0 Å². The van der Waals surface area contributed by atoms with Gasteiger partial charge in [0.25, 0.3) is 0 Å². The van der Waals surface area contributed by atoms with Gasteiger partial charge in [0.15, 0.2) is 0 Å². The Labute approximate surface area is 122 Å². The Balaban J connectivity index is 2.21. The Morgan fingerprint density at radius 1 is 1.35 bits per heavy atom. The molecule has 0 heterocycles. The summed E-state index contributed by atoms with van der Waals surface area (Å²) in [6.07, 6.45) is 2.93. The van der Waals surface area contributed by atoms with E-state index in [1.165, 1.54) is 0 Å². The van der Waals surface area contributed by atoms with Gasteiger partial charge in [0.05, 0.1) is 4.90 Å². The molecule has 1 aliphatic rings. The molecule has 1 fully saturated rings. The zero-order chi connectivity index (χ0) is 14.8. The number of hydrogen-bond donors (Lipinski definition) is 2. The Morgan fingerprint density at radius 2 is 2.05 bits per heavy atom. The van der Waals surface area contributed by atoms with Crippen molar-refractivity contribution >= 4 is 10.0 Å². The maximum atomic E-state index is 12.4. The van der Waals surface area contributed by atoms with E-state index in [9.17, 15) is 8.42 Å². The lowest BCUT2D eigenvalue weighted by Gasteiger charge is -2.38. The van der Waals surface area contributed by atoms with E-state index in [4.69, 9.17) is 0 Å². The highest BCUT2D eigenvalue weighted by atomic mass is 32.2. The molecule has 0 radical (unpaired) electrons. The average molecular weight is 296 g/mol. The van der Waals surface area contributed by atoms with Gasteiger partial charge in [-0.1, -0.05) is 19.1 Å². The van der Waals surface area contributed by atoms with E-state index in [0.717, 1.165) is 31.4 Å². The summed E-state index contributed by atoms with van der Waals surface area (Å²) in [4.78, 5) is 0.355. The quantitative estimate of drug-likeness (QED) is 0.848. The van der Waals surface area contributed by atoms with E-state index in [1.807, 2.05) is 26.8 Å². The Bertz CT molecular complexity index is 565. The predicted octanol–water partition coefficient (Wildman–Crippen LogP) is 2.58. The number of hydrogen-bond acceptors (Lipinski definition) is 3. The average Bonchev–Trinajstić information content (AvgIpc) is 2.37. The molecule has 0 saturated heterocycles. The molecule has 0 amide bonds. The molecule has 1 saturated carbocycles. The lowest BCUT2D eigenvalue weighted by atomic mass is 9.80. The molecule has 5 heteroatoms. The maximum absolute atomic E-state index is 12.4. The molecular formula is C15H24N2O2S. The van der Waals surface area contributed by atoms with Crippen molar-refractivity contribution in [3.05, 3.63) is 29.8 Å². The van der Waals surface area contributed by atoms with Crippen LogP contribution in [0.2, 0.25) is 0 Å². The van der Waals surface area contributed by atoms with Crippen LogP contribution in [0.25, 0.3) is 0 Å². The lowest BCUT2D eigenvalue weighted by molar-refractivity contribution is 0.248. The van der Waals surface area contributed by atoms with Crippen LogP contribution in [-0.2, 0) is 10.0 Å². The molecule has 1 unspecified atom stereocenters. The molecule has 1 atom stereocenters. The van der Waals surface area contributed by atoms with Gasteiger partial charge in [-0.3, -0.25) is 0 Å². The molecule has 0 aromatic heterocycles. The topological polar surface area (TPSA) is 58.2 Å². The van der Waals surface area contributed by atoms with Crippen molar-refractivity contribution in [2.75, 3.05) is 6.54 Å². The minimum Gasteiger partial charge on any atom is -0.310 e. The third-order valence-corrected chi connectivity index (χ3v) is 5.65. The van der Waals surface area contributed by atoms with Crippen LogP contribution < -0.4 is 10.0 Å². The van der Waals surface area contributed by atoms with E-state index in [2.05, 4.69) is 10.0 Å². The zero-order valence-corrected chi connectivity index (χ0v) is 13.3. The first-order valence-corrected chi connectivity index (χ1v) is 8.72.